The van der Waals surface area contributed by atoms with Crippen LogP contribution in [0.5, 0.6) is 0 Å². The largest absolute Gasteiger partial charge is 0.358 e. The number of benzene rings is 1. The summed E-state index contributed by atoms with van der Waals surface area (Å²) in [5, 5.41) is 22.0. The van der Waals surface area contributed by atoms with Gasteiger partial charge in [-0.15, -0.1) is 5.10 Å². The van der Waals surface area contributed by atoms with Gasteiger partial charge in [-0.25, -0.2) is 5.10 Å². The quantitative estimate of drug-likeness (QED) is 0.777. The molecule has 6 nitrogen and oxygen atoms in total. The molecule has 0 bridgehead atoms. The molecule has 0 saturated heterocycles. The number of nitrogens with zero attached hydrogens (tertiary/aromatic N) is 3. The van der Waals surface area contributed by atoms with Crippen LogP contribution in [0.3, 0.4) is 0 Å². The maximum absolute atomic E-state index is 9.22. The van der Waals surface area contributed by atoms with Crippen molar-refractivity contribution in [2.45, 2.75) is 18.3 Å². The van der Waals surface area contributed by atoms with E-state index in [0.29, 0.717) is 11.9 Å². The first-order valence-electron chi connectivity index (χ1n) is 6.15. The topological polar surface area (TPSA) is 89.4 Å². The number of H-pyrrole nitrogens is 1. The lowest BCUT2D eigenvalue weighted by molar-refractivity contribution is 0.909. The highest BCUT2D eigenvalue weighted by molar-refractivity contribution is 5.57. The van der Waals surface area contributed by atoms with Crippen molar-refractivity contribution in [2.24, 2.45) is 0 Å². The van der Waals surface area contributed by atoms with Gasteiger partial charge in [0.15, 0.2) is 0 Å². The van der Waals surface area contributed by atoms with E-state index in [1.165, 1.54) is 0 Å². The van der Waals surface area contributed by atoms with E-state index in [-0.39, 0.29) is 5.41 Å². The molecule has 0 amide bonds. The molecule has 0 unspecified atom stereocenters. The van der Waals surface area contributed by atoms with Crippen molar-refractivity contribution in [3.8, 4) is 6.07 Å². The Morgan fingerprint density at radius 3 is 2.89 bits per heavy atom. The summed E-state index contributed by atoms with van der Waals surface area (Å²) in [6, 6.07) is 10.3. The summed E-state index contributed by atoms with van der Waals surface area (Å²) in [7, 11) is 1.77. The van der Waals surface area contributed by atoms with E-state index in [4.69, 9.17) is 0 Å². The van der Waals surface area contributed by atoms with Crippen molar-refractivity contribution in [2.75, 3.05) is 17.7 Å². The predicted molar refractivity (Wildman–Crippen MR) is 72.2 cm³/mol. The van der Waals surface area contributed by atoms with E-state index < -0.39 is 0 Å². The number of nitriles is 1. The highest BCUT2D eigenvalue weighted by atomic mass is 15.3. The molecule has 6 heteroatoms. The van der Waals surface area contributed by atoms with Gasteiger partial charge in [-0.1, -0.05) is 12.1 Å². The molecule has 1 fully saturated rings. The van der Waals surface area contributed by atoms with Gasteiger partial charge in [-0.2, -0.15) is 10.2 Å². The fourth-order valence-electron chi connectivity index (χ4n) is 2.04. The molecule has 1 saturated carbocycles. The number of hydrogen-bond acceptors (Lipinski definition) is 5. The molecule has 0 atom stereocenters. The van der Waals surface area contributed by atoms with Crippen molar-refractivity contribution < 1.29 is 0 Å². The molecule has 1 aliphatic carbocycles. The average Bonchev–Trinajstić information content (AvgIpc) is 3.13. The molecular weight excluding hydrogens is 240 g/mol. The smallest absolute Gasteiger partial charge is 0.248 e. The van der Waals surface area contributed by atoms with Crippen LogP contribution in [-0.4, -0.2) is 22.2 Å². The van der Waals surface area contributed by atoms with Crippen LogP contribution in [0.1, 0.15) is 18.4 Å². The van der Waals surface area contributed by atoms with Gasteiger partial charge in [0.2, 0.25) is 11.9 Å². The molecule has 3 rings (SSSR count). The average molecular weight is 254 g/mol. The molecule has 2 aromatic rings. The Labute approximate surface area is 110 Å². The van der Waals surface area contributed by atoms with Crippen molar-refractivity contribution in [1.29, 1.82) is 5.26 Å². The van der Waals surface area contributed by atoms with Crippen molar-refractivity contribution in [1.82, 2.24) is 15.2 Å². The highest BCUT2D eigenvalue weighted by Gasteiger charge is 2.44. The van der Waals surface area contributed by atoms with Crippen molar-refractivity contribution in [3.05, 3.63) is 29.8 Å². The molecule has 19 heavy (non-hydrogen) atoms. The zero-order chi connectivity index (χ0) is 13.3. The van der Waals surface area contributed by atoms with Crippen LogP contribution in [0.2, 0.25) is 0 Å². The monoisotopic (exact) mass is 254 g/mol. The van der Waals surface area contributed by atoms with Crippen LogP contribution in [-0.2, 0) is 5.41 Å². The Kier molecular flexibility index (Phi) is 2.60. The number of rotatable bonds is 4. The van der Waals surface area contributed by atoms with E-state index in [9.17, 15) is 5.26 Å². The number of hydrogen-bond donors (Lipinski definition) is 3. The lowest BCUT2D eigenvalue weighted by Crippen LogP contribution is -2.03. The Bertz CT molecular complexity index is 635. The van der Waals surface area contributed by atoms with Crippen LogP contribution in [0, 0.1) is 11.3 Å². The Morgan fingerprint density at radius 2 is 2.26 bits per heavy atom. The molecule has 1 aromatic carbocycles. The predicted octanol–water partition coefficient (Wildman–Crippen LogP) is 2.15. The third kappa shape index (κ3) is 2.10. The van der Waals surface area contributed by atoms with Crippen LogP contribution in [0.4, 0.5) is 17.6 Å². The normalized spacial score (nSPS) is 15.6. The molecule has 0 radical (unpaired) electrons. The number of aromatic amines is 1. The van der Waals surface area contributed by atoms with Gasteiger partial charge in [0.1, 0.15) is 0 Å². The molecule has 1 aliphatic rings. The Morgan fingerprint density at radius 1 is 1.42 bits per heavy atom. The molecule has 0 aliphatic heterocycles. The summed E-state index contributed by atoms with van der Waals surface area (Å²) in [6.45, 7) is 0. The molecule has 96 valence electrons. The van der Waals surface area contributed by atoms with Crippen LogP contribution >= 0.6 is 0 Å². The lowest BCUT2D eigenvalue weighted by atomic mass is 9.97. The number of aromatic nitrogens is 3. The second-order valence-corrected chi connectivity index (χ2v) is 4.66. The Hall–Kier alpha value is -2.55. The fourth-order valence-corrected chi connectivity index (χ4v) is 2.04. The maximum atomic E-state index is 9.22. The van der Waals surface area contributed by atoms with Gasteiger partial charge >= 0.3 is 0 Å². The molecule has 0 spiro atoms. The first-order valence-corrected chi connectivity index (χ1v) is 6.15. The molecule has 3 N–H and O–H groups in total. The second kappa shape index (κ2) is 4.28. The van der Waals surface area contributed by atoms with Gasteiger partial charge in [0, 0.05) is 12.7 Å². The minimum atomic E-state index is -0.271. The van der Waals surface area contributed by atoms with Gasteiger partial charge in [0.05, 0.1) is 11.5 Å². The molecule has 1 heterocycles. The first-order chi connectivity index (χ1) is 9.25. The van der Waals surface area contributed by atoms with E-state index in [2.05, 4.69) is 31.9 Å². The third-order valence-corrected chi connectivity index (χ3v) is 3.36. The van der Waals surface area contributed by atoms with E-state index >= 15 is 0 Å². The summed E-state index contributed by atoms with van der Waals surface area (Å²) in [4.78, 5) is 4.20. The standard InChI is InChI=1S/C13H14N6/c1-15-11-17-12(19-18-11)16-10-4-2-3-9(7-10)13(8-14)5-6-13/h2-4,7H,5-6H2,1H3,(H3,15,16,17,18,19). The zero-order valence-electron chi connectivity index (χ0n) is 10.6. The van der Waals surface area contributed by atoms with Gasteiger partial charge in [-0.3, -0.25) is 0 Å². The zero-order valence-corrected chi connectivity index (χ0v) is 10.6. The summed E-state index contributed by atoms with van der Waals surface area (Å²) < 4.78 is 0. The summed E-state index contributed by atoms with van der Waals surface area (Å²) >= 11 is 0. The van der Waals surface area contributed by atoms with Crippen LogP contribution < -0.4 is 10.6 Å². The van der Waals surface area contributed by atoms with Crippen LogP contribution in [0.25, 0.3) is 0 Å². The highest BCUT2D eigenvalue weighted by Crippen LogP contribution is 2.47. The SMILES string of the molecule is CNc1nc(Nc2cccc(C3(C#N)CC3)c2)n[nH]1. The van der Waals surface area contributed by atoms with E-state index in [0.717, 1.165) is 24.1 Å². The van der Waals surface area contributed by atoms with Crippen molar-refractivity contribution in [3.63, 3.8) is 0 Å². The molecule has 1 aromatic heterocycles. The lowest BCUT2D eigenvalue weighted by Gasteiger charge is -2.08. The molecular formula is C13H14N6. The summed E-state index contributed by atoms with van der Waals surface area (Å²) in [5.74, 6) is 1.11. The minimum absolute atomic E-state index is 0.271. The van der Waals surface area contributed by atoms with E-state index in [1.54, 1.807) is 7.05 Å². The van der Waals surface area contributed by atoms with Gasteiger partial charge < -0.3 is 10.6 Å². The van der Waals surface area contributed by atoms with Gasteiger partial charge in [-0.05, 0) is 30.5 Å². The Balaban J connectivity index is 1.82. The third-order valence-electron chi connectivity index (χ3n) is 3.36. The minimum Gasteiger partial charge on any atom is -0.358 e. The number of nitrogens with one attached hydrogen (secondary N) is 3. The maximum Gasteiger partial charge on any atom is 0.248 e. The summed E-state index contributed by atoms with van der Waals surface area (Å²) in [5.41, 5.74) is 1.68. The summed E-state index contributed by atoms with van der Waals surface area (Å²) in [6.07, 6.45) is 1.88. The van der Waals surface area contributed by atoms with Gasteiger partial charge in [0.25, 0.3) is 0 Å². The number of anilines is 3. The van der Waals surface area contributed by atoms with E-state index in [1.807, 2.05) is 24.3 Å². The van der Waals surface area contributed by atoms with Crippen LogP contribution in [0.15, 0.2) is 24.3 Å². The fraction of sp³-hybridized carbons (Fsp3) is 0.308. The first kappa shape index (κ1) is 11.5. The second-order valence-electron chi connectivity index (χ2n) is 4.66. The van der Waals surface area contributed by atoms with Crippen molar-refractivity contribution >= 4 is 17.6 Å².